The quantitative estimate of drug-likeness (QED) is 0.873. The minimum absolute atomic E-state index is 0.220. The summed E-state index contributed by atoms with van der Waals surface area (Å²) < 4.78 is 54.2. The third kappa shape index (κ3) is 2.84. The van der Waals surface area contributed by atoms with Crippen molar-refractivity contribution in [3.05, 3.63) is 29.3 Å². The molecule has 1 fully saturated rings. The van der Waals surface area contributed by atoms with Gasteiger partial charge in [-0.1, -0.05) is 0 Å². The molecule has 112 valence electrons. The average molecular weight is 305 g/mol. The Hall–Kier alpha value is -1.05. The van der Waals surface area contributed by atoms with Gasteiger partial charge in [0.05, 0.1) is 12.2 Å². The van der Waals surface area contributed by atoms with E-state index in [9.17, 15) is 17.2 Å². The summed E-state index contributed by atoms with van der Waals surface area (Å²) >= 11 is 0. The molecule has 7 heteroatoms. The molecule has 0 aromatic heterocycles. The summed E-state index contributed by atoms with van der Waals surface area (Å²) in [6.07, 6.45) is 1.84. The highest BCUT2D eigenvalue weighted by molar-refractivity contribution is 7.89. The standard InChI is InChI=1S/C13H17F2NO3S/c1-13(2,8-3-4-8)16-20(18,19)11-6-5-10(14)9(7-17)12(11)15/h5-6,8,16-17H,3-4,7H2,1-2H3. The Labute approximate surface area is 116 Å². The molecule has 1 saturated carbocycles. The fraction of sp³-hybridized carbons (Fsp3) is 0.538. The summed E-state index contributed by atoms with van der Waals surface area (Å²) in [6, 6.07) is 1.71. The third-order valence-corrected chi connectivity index (χ3v) is 5.28. The zero-order valence-electron chi connectivity index (χ0n) is 11.3. The normalized spacial score (nSPS) is 16.4. The lowest BCUT2D eigenvalue weighted by Gasteiger charge is -2.26. The van der Waals surface area contributed by atoms with Crippen LogP contribution in [0.1, 0.15) is 32.3 Å². The molecule has 4 nitrogen and oxygen atoms in total. The summed E-state index contributed by atoms with van der Waals surface area (Å²) in [5.74, 6) is -1.99. The van der Waals surface area contributed by atoms with Crippen molar-refractivity contribution in [2.45, 2.75) is 43.7 Å². The van der Waals surface area contributed by atoms with Crippen molar-refractivity contribution in [3.63, 3.8) is 0 Å². The number of aliphatic hydroxyl groups is 1. The Morgan fingerprint density at radius 1 is 1.35 bits per heavy atom. The first-order valence-corrected chi connectivity index (χ1v) is 7.79. The SMILES string of the molecule is CC(C)(NS(=O)(=O)c1ccc(F)c(CO)c1F)C1CC1. The number of nitrogens with one attached hydrogen (secondary N) is 1. The van der Waals surface area contributed by atoms with Crippen molar-refractivity contribution in [1.29, 1.82) is 0 Å². The number of hydrogen-bond donors (Lipinski definition) is 2. The molecule has 2 N–H and O–H groups in total. The van der Waals surface area contributed by atoms with Gasteiger partial charge in [0, 0.05) is 5.54 Å². The maximum Gasteiger partial charge on any atom is 0.243 e. The number of hydrogen-bond acceptors (Lipinski definition) is 3. The number of halogens is 2. The van der Waals surface area contributed by atoms with Gasteiger partial charge in [0.1, 0.15) is 10.7 Å². The van der Waals surface area contributed by atoms with Crippen molar-refractivity contribution in [1.82, 2.24) is 4.72 Å². The number of benzene rings is 1. The Kier molecular flexibility index (Phi) is 3.88. The van der Waals surface area contributed by atoms with Gasteiger partial charge in [-0.15, -0.1) is 0 Å². The zero-order valence-corrected chi connectivity index (χ0v) is 12.1. The Morgan fingerprint density at radius 3 is 2.45 bits per heavy atom. The van der Waals surface area contributed by atoms with E-state index in [0.717, 1.165) is 25.0 Å². The van der Waals surface area contributed by atoms with E-state index in [2.05, 4.69) is 4.72 Å². The average Bonchev–Trinajstić information content (AvgIpc) is 3.11. The third-order valence-electron chi connectivity index (χ3n) is 3.59. The van der Waals surface area contributed by atoms with E-state index in [1.54, 1.807) is 13.8 Å². The van der Waals surface area contributed by atoms with Crippen LogP contribution in [0.4, 0.5) is 8.78 Å². The van der Waals surface area contributed by atoms with Gasteiger partial charge in [0.25, 0.3) is 0 Å². The van der Waals surface area contributed by atoms with Crippen LogP contribution in [-0.4, -0.2) is 19.1 Å². The molecule has 1 aromatic carbocycles. The van der Waals surface area contributed by atoms with Crippen LogP contribution in [0, 0.1) is 17.6 Å². The van der Waals surface area contributed by atoms with Crippen LogP contribution >= 0.6 is 0 Å². The van der Waals surface area contributed by atoms with Crippen LogP contribution in [0.2, 0.25) is 0 Å². The van der Waals surface area contributed by atoms with Crippen molar-refractivity contribution in [2.75, 3.05) is 0 Å². The topological polar surface area (TPSA) is 66.4 Å². The fourth-order valence-corrected chi connectivity index (χ4v) is 3.79. The zero-order chi connectivity index (χ0) is 15.1. The fourth-order valence-electron chi connectivity index (χ4n) is 2.22. The maximum atomic E-state index is 14.0. The minimum atomic E-state index is -4.11. The van der Waals surface area contributed by atoms with Gasteiger partial charge in [0.2, 0.25) is 10.0 Å². The highest BCUT2D eigenvalue weighted by Crippen LogP contribution is 2.40. The largest absolute Gasteiger partial charge is 0.391 e. The first kappa shape index (κ1) is 15.3. The second-order valence-electron chi connectivity index (χ2n) is 5.60. The van der Waals surface area contributed by atoms with E-state index in [1.807, 2.05) is 0 Å². The lowest BCUT2D eigenvalue weighted by molar-refractivity contribution is 0.267. The van der Waals surface area contributed by atoms with Gasteiger partial charge in [0.15, 0.2) is 5.82 Å². The van der Waals surface area contributed by atoms with E-state index < -0.39 is 44.3 Å². The summed E-state index contributed by atoms with van der Waals surface area (Å²) in [5, 5.41) is 8.93. The molecule has 0 radical (unpaired) electrons. The van der Waals surface area contributed by atoms with E-state index in [1.165, 1.54) is 0 Å². The van der Waals surface area contributed by atoms with Crippen LogP contribution in [0.5, 0.6) is 0 Å². The molecule has 0 unspecified atom stereocenters. The predicted molar refractivity (Wildman–Crippen MR) is 69.4 cm³/mol. The van der Waals surface area contributed by atoms with E-state index in [4.69, 9.17) is 5.11 Å². The van der Waals surface area contributed by atoms with Crippen LogP contribution in [-0.2, 0) is 16.6 Å². The lowest BCUT2D eigenvalue weighted by Crippen LogP contribution is -2.45. The Morgan fingerprint density at radius 2 is 1.95 bits per heavy atom. The van der Waals surface area contributed by atoms with Crippen LogP contribution in [0.3, 0.4) is 0 Å². The van der Waals surface area contributed by atoms with Gasteiger partial charge < -0.3 is 5.11 Å². The smallest absolute Gasteiger partial charge is 0.243 e. The van der Waals surface area contributed by atoms with Crippen molar-refractivity contribution in [2.24, 2.45) is 5.92 Å². The molecule has 0 heterocycles. The molecule has 0 amide bonds. The van der Waals surface area contributed by atoms with Gasteiger partial charge >= 0.3 is 0 Å². The number of aliphatic hydroxyl groups excluding tert-OH is 1. The molecule has 1 aliphatic carbocycles. The summed E-state index contributed by atoms with van der Waals surface area (Å²) in [4.78, 5) is -0.642. The Balaban J connectivity index is 2.39. The molecule has 1 aromatic rings. The second-order valence-corrected chi connectivity index (χ2v) is 7.25. The molecule has 0 aliphatic heterocycles. The molecule has 0 saturated heterocycles. The van der Waals surface area contributed by atoms with Crippen molar-refractivity contribution < 1.29 is 22.3 Å². The van der Waals surface area contributed by atoms with E-state index >= 15 is 0 Å². The Bertz CT molecular complexity index is 625. The summed E-state index contributed by atoms with van der Waals surface area (Å²) in [6.45, 7) is 2.57. The first-order valence-electron chi connectivity index (χ1n) is 6.31. The van der Waals surface area contributed by atoms with Crippen LogP contribution < -0.4 is 4.72 Å². The summed E-state index contributed by atoms with van der Waals surface area (Å²) in [7, 11) is -4.11. The maximum absolute atomic E-state index is 14.0. The molecule has 20 heavy (non-hydrogen) atoms. The van der Waals surface area contributed by atoms with E-state index in [0.29, 0.717) is 0 Å². The molecule has 0 spiro atoms. The molecule has 0 atom stereocenters. The molecular weight excluding hydrogens is 288 g/mol. The first-order chi connectivity index (χ1) is 9.19. The lowest BCUT2D eigenvalue weighted by atomic mass is 10.0. The highest BCUT2D eigenvalue weighted by Gasteiger charge is 2.41. The van der Waals surface area contributed by atoms with Crippen molar-refractivity contribution >= 4 is 10.0 Å². The van der Waals surface area contributed by atoms with E-state index in [-0.39, 0.29) is 5.92 Å². The molecule has 0 bridgehead atoms. The van der Waals surface area contributed by atoms with Crippen LogP contribution in [0.25, 0.3) is 0 Å². The molecular formula is C13H17F2NO3S. The van der Waals surface area contributed by atoms with Crippen LogP contribution in [0.15, 0.2) is 17.0 Å². The number of rotatable bonds is 5. The van der Waals surface area contributed by atoms with Crippen molar-refractivity contribution in [3.8, 4) is 0 Å². The highest BCUT2D eigenvalue weighted by atomic mass is 32.2. The molecule has 1 aliphatic rings. The summed E-state index contributed by atoms with van der Waals surface area (Å²) in [5.41, 5.74) is -1.32. The van der Waals surface area contributed by atoms with Gasteiger partial charge in [-0.05, 0) is 44.7 Å². The monoisotopic (exact) mass is 305 g/mol. The molecule has 2 rings (SSSR count). The minimum Gasteiger partial charge on any atom is -0.391 e. The number of sulfonamides is 1. The van der Waals surface area contributed by atoms with Gasteiger partial charge in [-0.25, -0.2) is 21.9 Å². The second kappa shape index (κ2) is 5.05. The van der Waals surface area contributed by atoms with Gasteiger partial charge in [-0.3, -0.25) is 0 Å². The predicted octanol–water partition coefficient (Wildman–Crippen LogP) is 1.92. The van der Waals surface area contributed by atoms with Gasteiger partial charge in [-0.2, -0.15) is 0 Å².